The zero-order chi connectivity index (χ0) is 17.9. The van der Waals surface area contributed by atoms with Gasteiger partial charge in [-0.3, -0.25) is 0 Å². The summed E-state index contributed by atoms with van der Waals surface area (Å²) >= 11 is 10.1. The molecule has 134 valence electrons. The predicted octanol–water partition coefficient (Wildman–Crippen LogP) is 6.34. The highest BCUT2D eigenvalue weighted by molar-refractivity contribution is 9.28. The number of rotatable bonds is 10. The first-order valence-corrected chi connectivity index (χ1v) is 9.98. The number of ether oxygens (including phenoxy) is 2. The van der Waals surface area contributed by atoms with Crippen LogP contribution in [-0.4, -0.2) is 25.5 Å². The van der Waals surface area contributed by atoms with Gasteiger partial charge < -0.3 is 14.3 Å². The predicted molar refractivity (Wildman–Crippen MR) is 110 cm³/mol. The zero-order valence-corrected chi connectivity index (χ0v) is 18.8. The second-order valence-corrected chi connectivity index (χ2v) is 8.91. The number of halogens is 3. The van der Waals surface area contributed by atoms with Crippen LogP contribution in [0.4, 0.5) is 0 Å². The van der Waals surface area contributed by atoms with Crippen LogP contribution in [-0.2, 0) is 4.84 Å². The molecule has 0 spiro atoms. The van der Waals surface area contributed by atoms with Crippen molar-refractivity contribution in [1.82, 2.24) is 0 Å². The molecule has 0 aromatic heterocycles. The van der Waals surface area contributed by atoms with Gasteiger partial charge in [0.2, 0.25) is 0 Å². The maximum atomic E-state index is 5.87. The van der Waals surface area contributed by atoms with Crippen molar-refractivity contribution in [3.05, 3.63) is 31.6 Å². The topological polar surface area (TPSA) is 40.0 Å². The van der Waals surface area contributed by atoms with E-state index in [0.29, 0.717) is 19.8 Å². The van der Waals surface area contributed by atoms with E-state index in [-0.39, 0.29) is 0 Å². The third-order valence-corrected chi connectivity index (χ3v) is 4.05. The van der Waals surface area contributed by atoms with Gasteiger partial charge in [-0.25, -0.2) is 0 Å². The van der Waals surface area contributed by atoms with Crippen molar-refractivity contribution in [2.45, 2.75) is 33.6 Å². The molecule has 0 amide bonds. The van der Waals surface area contributed by atoms with Gasteiger partial charge in [-0.05, 0) is 105 Å². The van der Waals surface area contributed by atoms with Crippen LogP contribution < -0.4 is 9.47 Å². The maximum Gasteiger partial charge on any atom is 0.136 e. The molecule has 0 unspecified atom stereocenters. The number of hydrogen-bond acceptors (Lipinski definition) is 4. The van der Waals surface area contributed by atoms with Gasteiger partial charge in [0, 0.05) is 0 Å². The Balaban J connectivity index is 2.43. The molecule has 7 heteroatoms. The second-order valence-electron chi connectivity index (χ2n) is 5.28. The Morgan fingerprint density at radius 3 is 2.46 bits per heavy atom. The van der Waals surface area contributed by atoms with E-state index in [0.717, 1.165) is 43.5 Å². The molecule has 4 nitrogen and oxygen atoms in total. The van der Waals surface area contributed by atoms with Crippen molar-refractivity contribution in [3.8, 4) is 11.5 Å². The Labute approximate surface area is 169 Å². The first-order chi connectivity index (χ1) is 11.4. The molecule has 1 aromatic rings. The summed E-state index contributed by atoms with van der Waals surface area (Å²) < 4.78 is 13.3. The van der Waals surface area contributed by atoms with Crippen molar-refractivity contribution >= 4 is 53.5 Å². The lowest BCUT2D eigenvalue weighted by atomic mass is 10.2. The lowest BCUT2D eigenvalue weighted by Gasteiger charge is -2.13. The average molecular weight is 528 g/mol. The number of benzene rings is 1. The molecule has 0 aliphatic carbocycles. The number of nitrogens with zero attached hydrogens (tertiary/aromatic N) is 1. The molecule has 1 rings (SSSR count). The summed E-state index contributed by atoms with van der Waals surface area (Å²) in [6.45, 7) is 7.55. The average Bonchev–Trinajstić information content (AvgIpc) is 2.47. The van der Waals surface area contributed by atoms with Crippen LogP contribution in [0.2, 0.25) is 0 Å². The molecule has 0 saturated carbocycles. The third-order valence-electron chi connectivity index (χ3n) is 2.81. The molecular weight excluding hydrogens is 506 g/mol. The molecule has 0 N–H and O–H groups in total. The van der Waals surface area contributed by atoms with E-state index in [2.05, 4.69) is 52.9 Å². The van der Waals surface area contributed by atoms with Crippen molar-refractivity contribution in [1.29, 1.82) is 0 Å². The molecule has 0 atom stereocenters. The lowest BCUT2D eigenvalue weighted by Crippen LogP contribution is -2.02. The fourth-order valence-electron chi connectivity index (χ4n) is 1.78. The molecular formula is C17H22Br3NO3. The van der Waals surface area contributed by atoms with Gasteiger partial charge in [-0.15, -0.1) is 0 Å². The van der Waals surface area contributed by atoms with Crippen molar-refractivity contribution in [2.75, 3.05) is 19.8 Å². The third kappa shape index (κ3) is 9.08. The van der Waals surface area contributed by atoms with E-state index in [9.17, 15) is 0 Å². The van der Waals surface area contributed by atoms with Crippen LogP contribution in [0.5, 0.6) is 11.5 Å². The fraction of sp³-hybridized carbons (Fsp3) is 0.471. The number of unbranched alkanes of at least 4 members (excludes halogenated alkanes) is 1. The highest BCUT2D eigenvalue weighted by atomic mass is 79.9. The molecule has 0 radical (unpaired) electrons. The summed E-state index contributed by atoms with van der Waals surface area (Å²) in [5.74, 6) is 1.65. The van der Waals surface area contributed by atoms with Gasteiger partial charge in [0.1, 0.15) is 24.7 Å². The molecule has 0 fully saturated rings. The number of hydrogen-bond donors (Lipinski definition) is 0. The molecule has 0 aliphatic heterocycles. The highest BCUT2D eigenvalue weighted by Gasteiger charge is 2.08. The van der Waals surface area contributed by atoms with Crippen LogP contribution in [0.25, 0.3) is 0 Å². The first kappa shape index (κ1) is 21.5. The minimum Gasteiger partial charge on any atom is -0.492 e. The summed E-state index contributed by atoms with van der Waals surface area (Å²) in [6.07, 6.45) is 3.70. The maximum absolute atomic E-state index is 5.87. The van der Waals surface area contributed by atoms with E-state index < -0.39 is 0 Å². The molecule has 24 heavy (non-hydrogen) atoms. The zero-order valence-electron chi connectivity index (χ0n) is 14.1. The second kappa shape index (κ2) is 11.9. The van der Waals surface area contributed by atoms with Crippen molar-refractivity contribution < 1.29 is 14.3 Å². The van der Waals surface area contributed by atoms with Gasteiger partial charge in [0.25, 0.3) is 0 Å². The highest BCUT2D eigenvalue weighted by Crippen LogP contribution is 2.33. The summed E-state index contributed by atoms with van der Waals surface area (Å²) in [7, 11) is 0. The molecule has 1 aromatic carbocycles. The van der Waals surface area contributed by atoms with Crippen molar-refractivity contribution in [3.63, 3.8) is 0 Å². The fourth-order valence-corrected chi connectivity index (χ4v) is 2.70. The van der Waals surface area contributed by atoms with E-state index in [4.69, 9.17) is 14.3 Å². The van der Waals surface area contributed by atoms with Gasteiger partial charge in [0.05, 0.1) is 20.2 Å². The van der Waals surface area contributed by atoms with E-state index >= 15 is 0 Å². The van der Waals surface area contributed by atoms with Gasteiger partial charge in [-0.1, -0.05) is 5.16 Å². The summed E-state index contributed by atoms with van der Waals surface area (Å²) in [5.41, 5.74) is 1.95. The quantitative estimate of drug-likeness (QED) is 0.202. The largest absolute Gasteiger partial charge is 0.492 e. The normalized spacial score (nSPS) is 10.1. The van der Waals surface area contributed by atoms with Crippen LogP contribution in [0.3, 0.4) is 0 Å². The van der Waals surface area contributed by atoms with Crippen LogP contribution in [0, 0.1) is 6.92 Å². The Morgan fingerprint density at radius 1 is 1.12 bits per heavy atom. The lowest BCUT2D eigenvalue weighted by molar-refractivity contribution is 0.135. The van der Waals surface area contributed by atoms with Crippen molar-refractivity contribution in [2.24, 2.45) is 5.16 Å². The minimum absolute atomic E-state index is 0.484. The van der Waals surface area contributed by atoms with Crippen LogP contribution in [0.15, 0.2) is 31.2 Å². The Morgan fingerprint density at radius 2 is 1.83 bits per heavy atom. The van der Waals surface area contributed by atoms with Crippen LogP contribution in [0.1, 0.15) is 32.3 Å². The standard InChI is InChI=1S/C17H22Br3NO3/c1-12(2)21-24-8-5-4-7-23-17-13(3)10-14(11-15(17)18)22-9-6-16(19)20/h6,10-11H,4-5,7-9H2,1-3H3. The smallest absolute Gasteiger partial charge is 0.136 e. The van der Waals surface area contributed by atoms with Gasteiger partial charge in [-0.2, -0.15) is 0 Å². The SMILES string of the molecule is CC(C)=NOCCCCOc1c(C)cc(OCC=C(Br)Br)cc1Br. The minimum atomic E-state index is 0.484. The monoisotopic (exact) mass is 525 g/mol. The molecule has 0 heterocycles. The van der Waals surface area contributed by atoms with Crippen LogP contribution >= 0.6 is 47.8 Å². The van der Waals surface area contributed by atoms with E-state index in [1.807, 2.05) is 39.0 Å². The Hall–Kier alpha value is -0.530. The molecule has 0 bridgehead atoms. The van der Waals surface area contributed by atoms with E-state index in [1.165, 1.54) is 0 Å². The molecule has 0 aliphatic rings. The van der Waals surface area contributed by atoms with Gasteiger partial charge >= 0.3 is 0 Å². The van der Waals surface area contributed by atoms with E-state index in [1.54, 1.807) is 0 Å². The molecule has 0 saturated heterocycles. The van der Waals surface area contributed by atoms with Gasteiger partial charge in [0.15, 0.2) is 0 Å². The summed E-state index contributed by atoms with van der Waals surface area (Å²) in [4.78, 5) is 5.16. The number of aryl methyl sites for hydroxylation is 1. The summed E-state index contributed by atoms with van der Waals surface area (Å²) in [5, 5.41) is 3.90. The summed E-state index contributed by atoms with van der Waals surface area (Å²) in [6, 6.07) is 3.89. The number of oxime groups is 1. The first-order valence-electron chi connectivity index (χ1n) is 7.60. The Kier molecular flexibility index (Phi) is 10.7. The Bertz CT molecular complexity index is 557.